The van der Waals surface area contributed by atoms with E-state index in [0.29, 0.717) is 30.1 Å². The van der Waals surface area contributed by atoms with E-state index >= 15 is 0 Å². The molecule has 0 spiro atoms. The zero-order valence-corrected chi connectivity index (χ0v) is 21.6. The molecule has 0 N–H and O–H groups in total. The number of benzene rings is 1. The van der Waals surface area contributed by atoms with E-state index < -0.39 is 11.7 Å². The topological polar surface area (TPSA) is 55.3 Å². The molecule has 2 aromatic rings. The summed E-state index contributed by atoms with van der Waals surface area (Å²) in [5, 5.41) is 0. The SMILES string of the molecule is CC[C@H]1C(C(C)=O)N(C)C[C@@H]1Oc1nc2cc(C(F)(F)F)ccc2nc1CCCCCC1CCCC1. The molecule has 8 heteroatoms. The highest BCUT2D eigenvalue weighted by Gasteiger charge is 2.43. The summed E-state index contributed by atoms with van der Waals surface area (Å²) >= 11 is 0. The third kappa shape index (κ3) is 6.18. The van der Waals surface area contributed by atoms with E-state index in [9.17, 15) is 18.0 Å². The number of alkyl halides is 3. The summed E-state index contributed by atoms with van der Waals surface area (Å²) in [4.78, 5) is 23.5. The number of likely N-dealkylation sites (N-methyl/N-ethyl adjacent to an activating group) is 1. The third-order valence-corrected chi connectivity index (χ3v) is 8.00. The molecule has 198 valence electrons. The molecule has 1 aliphatic carbocycles. The molecule has 0 amide bonds. The van der Waals surface area contributed by atoms with Crippen LogP contribution in [0.5, 0.6) is 5.88 Å². The van der Waals surface area contributed by atoms with Gasteiger partial charge in [-0.1, -0.05) is 51.9 Å². The average molecular weight is 506 g/mol. The van der Waals surface area contributed by atoms with Crippen LogP contribution >= 0.6 is 0 Å². The molecule has 5 nitrogen and oxygen atoms in total. The first-order chi connectivity index (χ1) is 17.2. The van der Waals surface area contributed by atoms with Crippen LogP contribution in [-0.2, 0) is 17.4 Å². The second-order valence-corrected chi connectivity index (χ2v) is 10.6. The van der Waals surface area contributed by atoms with Gasteiger partial charge in [0.25, 0.3) is 0 Å². The molecular formula is C28H38F3N3O2. The van der Waals surface area contributed by atoms with Crippen LogP contribution < -0.4 is 4.74 Å². The molecule has 0 radical (unpaired) electrons. The lowest BCUT2D eigenvalue weighted by molar-refractivity contribution is -0.137. The average Bonchev–Trinajstić information content (AvgIpc) is 3.45. The van der Waals surface area contributed by atoms with Gasteiger partial charge < -0.3 is 4.74 Å². The van der Waals surface area contributed by atoms with Gasteiger partial charge in [0.05, 0.1) is 22.6 Å². The lowest BCUT2D eigenvalue weighted by Crippen LogP contribution is -2.36. The Kier molecular flexibility index (Phi) is 8.53. The van der Waals surface area contributed by atoms with E-state index in [-0.39, 0.29) is 29.4 Å². The van der Waals surface area contributed by atoms with E-state index in [1.165, 1.54) is 44.6 Å². The number of ether oxygens (including phenoxy) is 1. The van der Waals surface area contributed by atoms with Crippen LogP contribution in [0.1, 0.15) is 82.9 Å². The van der Waals surface area contributed by atoms with E-state index in [4.69, 9.17) is 9.72 Å². The smallest absolute Gasteiger partial charge is 0.416 e. The lowest BCUT2D eigenvalue weighted by Gasteiger charge is -2.23. The van der Waals surface area contributed by atoms with Gasteiger partial charge in [0, 0.05) is 12.5 Å². The second kappa shape index (κ2) is 11.4. The van der Waals surface area contributed by atoms with Crippen LogP contribution in [0.15, 0.2) is 18.2 Å². The van der Waals surface area contributed by atoms with E-state index in [1.807, 2.05) is 18.9 Å². The number of hydrogen-bond donors (Lipinski definition) is 0. The minimum Gasteiger partial charge on any atom is -0.471 e. The van der Waals surface area contributed by atoms with Crippen LogP contribution in [0.2, 0.25) is 0 Å². The predicted octanol–water partition coefficient (Wildman–Crippen LogP) is 6.62. The van der Waals surface area contributed by atoms with Crippen molar-refractivity contribution in [2.45, 2.75) is 96.4 Å². The van der Waals surface area contributed by atoms with Crippen LogP contribution in [-0.4, -0.2) is 46.4 Å². The minimum atomic E-state index is -4.45. The van der Waals surface area contributed by atoms with Crippen molar-refractivity contribution >= 4 is 16.8 Å². The number of ketones is 1. The van der Waals surface area contributed by atoms with Gasteiger partial charge in [-0.15, -0.1) is 0 Å². The Bertz CT molecular complexity index is 1050. The maximum absolute atomic E-state index is 13.3. The van der Waals surface area contributed by atoms with E-state index in [1.54, 1.807) is 6.92 Å². The normalized spacial score (nSPS) is 23.6. The first kappa shape index (κ1) is 26.8. The number of carbonyl (C=O) groups is 1. The van der Waals surface area contributed by atoms with Crippen LogP contribution in [0.4, 0.5) is 13.2 Å². The number of aryl methyl sites for hydroxylation is 1. The molecule has 1 saturated heterocycles. The van der Waals surface area contributed by atoms with Gasteiger partial charge >= 0.3 is 6.18 Å². The van der Waals surface area contributed by atoms with Gasteiger partial charge in [0.2, 0.25) is 5.88 Å². The molecule has 0 bridgehead atoms. The molecule has 2 heterocycles. The predicted molar refractivity (Wildman–Crippen MR) is 134 cm³/mol. The molecule has 1 aliphatic heterocycles. The van der Waals surface area contributed by atoms with Gasteiger partial charge in [0.15, 0.2) is 0 Å². The summed E-state index contributed by atoms with van der Waals surface area (Å²) in [6, 6.07) is 3.25. The van der Waals surface area contributed by atoms with E-state index in [2.05, 4.69) is 4.98 Å². The molecule has 1 aromatic heterocycles. The third-order valence-electron chi connectivity index (χ3n) is 8.00. The van der Waals surface area contributed by atoms with Gasteiger partial charge in [-0.25, -0.2) is 9.97 Å². The quantitative estimate of drug-likeness (QED) is 0.340. The maximum atomic E-state index is 13.3. The number of nitrogens with zero attached hydrogens (tertiary/aromatic N) is 3. The Hall–Kier alpha value is -2.22. The summed E-state index contributed by atoms with van der Waals surface area (Å²) in [5.41, 5.74) is 0.548. The van der Waals surface area contributed by atoms with E-state index in [0.717, 1.165) is 37.3 Å². The number of Topliss-reactive ketones (excluding diaryl/α,β-unsaturated/α-hetero) is 1. The molecule has 1 aromatic carbocycles. The number of halogens is 3. The summed E-state index contributed by atoms with van der Waals surface area (Å²) < 4.78 is 46.3. The molecule has 3 atom stereocenters. The number of unbranched alkanes of at least 4 members (excludes halogenated alkanes) is 2. The molecular weight excluding hydrogens is 467 g/mol. The standard InChI is InChI=1S/C28H38F3N3O2/c1-4-21-25(17-34(3)26(21)18(2)35)36-27-23(13-7-5-6-10-19-11-8-9-12-19)32-22-15-14-20(28(29,30)31)16-24(22)33-27/h14-16,19,21,25-26H,4-13,17H2,1-3H3/t21-,25+,26?/m1/s1. The van der Waals surface area contributed by atoms with Gasteiger partial charge in [0.1, 0.15) is 17.6 Å². The van der Waals surface area contributed by atoms with Crippen molar-refractivity contribution < 1.29 is 22.7 Å². The van der Waals surface area contributed by atoms with Crippen molar-refractivity contribution in [1.29, 1.82) is 0 Å². The molecule has 1 saturated carbocycles. The molecule has 36 heavy (non-hydrogen) atoms. The van der Waals surface area contributed by atoms with Crippen molar-refractivity contribution in [2.24, 2.45) is 11.8 Å². The maximum Gasteiger partial charge on any atom is 0.416 e. The first-order valence-electron chi connectivity index (χ1n) is 13.4. The zero-order valence-electron chi connectivity index (χ0n) is 21.6. The number of hydrogen-bond acceptors (Lipinski definition) is 5. The number of likely N-dealkylation sites (tertiary alicyclic amines) is 1. The lowest BCUT2D eigenvalue weighted by atomic mass is 9.93. The number of fused-ring (bicyclic) bond motifs is 1. The van der Waals surface area contributed by atoms with Gasteiger partial charge in [-0.3, -0.25) is 9.69 Å². The summed E-state index contributed by atoms with van der Waals surface area (Å²) in [7, 11) is 1.91. The zero-order chi connectivity index (χ0) is 25.9. The fraction of sp³-hybridized carbons (Fsp3) is 0.679. The Morgan fingerprint density at radius 3 is 2.53 bits per heavy atom. The van der Waals surface area contributed by atoms with Gasteiger partial charge in [-0.2, -0.15) is 13.2 Å². The summed E-state index contributed by atoms with van der Waals surface area (Å²) in [6.45, 7) is 4.19. The molecule has 4 rings (SSSR count). The fourth-order valence-electron chi connectivity index (χ4n) is 6.14. The monoisotopic (exact) mass is 505 g/mol. The first-order valence-corrected chi connectivity index (χ1v) is 13.4. The Morgan fingerprint density at radius 1 is 1.11 bits per heavy atom. The highest BCUT2D eigenvalue weighted by atomic mass is 19.4. The van der Waals surface area contributed by atoms with Crippen molar-refractivity contribution in [1.82, 2.24) is 14.9 Å². The van der Waals surface area contributed by atoms with Crippen molar-refractivity contribution in [3.8, 4) is 5.88 Å². The number of carbonyl (C=O) groups excluding carboxylic acids is 1. The highest BCUT2D eigenvalue weighted by Crippen LogP contribution is 2.34. The highest BCUT2D eigenvalue weighted by molar-refractivity contribution is 5.82. The molecule has 2 aliphatic rings. The van der Waals surface area contributed by atoms with Crippen molar-refractivity contribution in [3.63, 3.8) is 0 Å². The Balaban J connectivity index is 1.55. The minimum absolute atomic E-state index is 0.00855. The van der Waals surface area contributed by atoms with Crippen LogP contribution in [0.25, 0.3) is 11.0 Å². The largest absolute Gasteiger partial charge is 0.471 e. The van der Waals surface area contributed by atoms with Crippen LogP contribution in [0.3, 0.4) is 0 Å². The fourth-order valence-corrected chi connectivity index (χ4v) is 6.14. The Labute approximate surface area is 211 Å². The van der Waals surface area contributed by atoms with Gasteiger partial charge in [-0.05, 0) is 57.4 Å². The van der Waals surface area contributed by atoms with Crippen molar-refractivity contribution in [3.05, 3.63) is 29.5 Å². The Morgan fingerprint density at radius 2 is 1.86 bits per heavy atom. The molecule has 2 fully saturated rings. The molecule has 1 unspecified atom stereocenters. The summed E-state index contributed by atoms with van der Waals surface area (Å²) in [6.07, 6.45) is 6.58. The number of rotatable bonds is 10. The number of aromatic nitrogens is 2. The van der Waals surface area contributed by atoms with Crippen LogP contribution in [0, 0.1) is 11.8 Å². The summed E-state index contributed by atoms with van der Waals surface area (Å²) in [5.74, 6) is 1.26. The van der Waals surface area contributed by atoms with Crippen molar-refractivity contribution in [2.75, 3.05) is 13.6 Å². The second-order valence-electron chi connectivity index (χ2n) is 10.6.